The van der Waals surface area contributed by atoms with Crippen LogP contribution >= 0.6 is 0 Å². The van der Waals surface area contributed by atoms with Crippen LogP contribution in [0.2, 0.25) is 0 Å². The van der Waals surface area contributed by atoms with Crippen molar-refractivity contribution in [2.45, 2.75) is 32.2 Å². The van der Waals surface area contributed by atoms with Gasteiger partial charge in [0.05, 0.1) is 19.3 Å². The van der Waals surface area contributed by atoms with Gasteiger partial charge in [0, 0.05) is 13.1 Å². The molecule has 2 rings (SSSR count). The minimum absolute atomic E-state index is 0.152. The van der Waals surface area contributed by atoms with Gasteiger partial charge < -0.3 is 4.74 Å². The highest BCUT2D eigenvalue weighted by molar-refractivity contribution is 5.22. The minimum Gasteiger partial charge on any atom is -0.379 e. The van der Waals surface area contributed by atoms with Crippen LogP contribution in [0.4, 0.5) is 0 Å². The Morgan fingerprint density at radius 1 is 1.21 bits per heavy atom. The van der Waals surface area contributed by atoms with Crippen LogP contribution in [0, 0.1) is 16.7 Å². The molecule has 1 unspecified atom stereocenters. The minimum atomic E-state index is -0.212. The highest BCUT2D eigenvalue weighted by atomic mass is 16.5. The van der Waals surface area contributed by atoms with Gasteiger partial charge in [-0.2, -0.15) is 5.26 Å². The molecule has 0 radical (unpaired) electrons. The molecule has 1 saturated carbocycles. The SMILES string of the molecule is CC1(C)CCC1(C#N)N1CCOCC1. The first kappa shape index (κ1) is 9.95. The summed E-state index contributed by atoms with van der Waals surface area (Å²) in [5, 5.41) is 9.39. The number of morpholine rings is 1. The van der Waals surface area contributed by atoms with E-state index in [2.05, 4.69) is 24.8 Å². The van der Waals surface area contributed by atoms with Gasteiger partial charge in [0.15, 0.2) is 0 Å². The average molecular weight is 194 g/mol. The molecule has 3 heteroatoms. The van der Waals surface area contributed by atoms with Crippen molar-refractivity contribution in [3.8, 4) is 6.07 Å². The number of nitriles is 1. The Morgan fingerprint density at radius 2 is 1.86 bits per heavy atom. The van der Waals surface area contributed by atoms with Crippen LogP contribution in [0.3, 0.4) is 0 Å². The number of hydrogen-bond donors (Lipinski definition) is 0. The summed E-state index contributed by atoms with van der Waals surface area (Å²) in [5.74, 6) is 0. The second kappa shape index (κ2) is 3.22. The van der Waals surface area contributed by atoms with E-state index in [0.29, 0.717) is 0 Å². The lowest BCUT2D eigenvalue weighted by atomic mass is 9.56. The summed E-state index contributed by atoms with van der Waals surface area (Å²) >= 11 is 0. The Kier molecular flexibility index (Phi) is 2.29. The molecule has 0 aromatic rings. The van der Waals surface area contributed by atoms with Crippen molar-refractivity contribution in [3.63, 3.8) is 0 Å². The summed E-state index contributed by atoms with van der Waals surface area (Å²) < 4.78 is 5.33. The van der Waals surface area contributed by atoms with E-state index in [1.165, 1.54) is 0 Å². The fraction of sp³-hybridized carbons (Fsp3) is 0.909. The average Bonchev–Trinajstić information content (AvgIpc) is 2.19. The first-order valence-electron chi connectivity index (χ1n) is 5.36. The number of ether oxygens (including phenoxy) is 1. The Hall–Kier alpha value is -0.590. The van der Waals surface area contributed by atoms with Crippen LogP contribution in [0.25, 0.3) is 0 Å². The Bertz CT molecular complexity index is 263. The summed E-state index contributed by atoms with van der Waals surface area (Å²) in [5.41, 5.74) is -0.0597. The summed E-state index contributed by atoms with van der Waals surface area (Å²) in [6.07, 6.45) is 2.19. The first-order valence-corrected chi connectivity index (χ1v) is 5.36. The largest absolute Gasteiger partial charge is 0.379 e. The molecule has 14 heavy (non-hydrogen) atoms. The zero-order valence-electron chi connectivity index (χ0n) is 9.05. The van der Waals surface area contributed by atoms with Crippen LogP contribution in [0.1, 0.15) is 26.7 Å². The Balaban J connectivity index is 2.17. The van der Waals surface area contributed by atoms with Crippen LogP contribution in [0.5, 0.6) is 0 Å². The third-order valence-electron chi connectivity index (χ3n) is 3.97. The van der Waals surface area contributed by atoms with E-state index in [-0.39, 0.29) is 11.0 Å². The molecule has 0 spiro atoms. The van der Waals surface area contributed by atoms with E-state index < -0.39 is 0 Å². The van der Waals surface area contributed by atoms with Gasteiger partial charge in [-0.25, -0.2) is 0 Å². The molecule has 1 heterocycles. The van der Waals surface area contributed by atoms with E-state index >= 15 is 0 Å². The van der Waals surface area contributed by atoms with Gasteiger partial charge in [-0.1, -0.05) is 13.8 Å². The maximum absolute atomic E-state index is 9.39. The van der Waals surface area contributed by atoms with Gasteiger partial charge in [0.1, 0.15) is 5.54 Å². The van der Waals surface area contributed by atoms with E-state index in [1.807, 2.05) is 0 Å². The van der Waals surface area contributed by atoms with Crippen LogP contribution in [0.15, 0.2) is 0 Å². The Morgan fingerprint density at radius 3 is 2.21 bits per heavy atom. The number of nitrogens with zero attached hydrogens (tertiary/aromatic N) is 2. The van der Waals surface area contributed by atoms with Crippen molar-refractivity contribution >= 4 is 0 Å². The zero-order chi connectivity index (χ0) is 10.2. The highest BCUT2D eigenvalue weighted by Gasteiger charge is 2.57. The molecule has 2 aliphatic rings. The summed E-state index contributed by atoms with van der Waals surface area (Å²) in [7, 11) is 0. The molecular weight excluding hydrogens is 176 g/mol. The predicted octanol–water partition coefficient (Wildman–Crippen LogP) is 1.40. The summed E-state index contributed by atoms with van der Waals surface area (Å²) in [6, 6.07) is 2.55. The molecule has 1 aliphatic carbocycles. The van der Waals surface area contributed by atoms with Gasteiger partial charge >= 0.3 is 0 Å². The third-order valence-corrected chi connectivity index (χ3v) is 3.97. The van der Waals surface area contributed by atoms with Gasteiger partial charge in [0.2, 0.25) is 0 Å². The predicted molar refractivity (Wildman–Crippen MR) is 53.8 cm³/mol. The Labute approximate surface area is 85.6 Å². The lowest BCUT2D eigenvalue weighted by molar-refractivity contribution is -0.0982. The van der Waals surface area contributed by atoms with Gasteiger partial charge in [-0.15, -0.1) is 0 Å². The number of hydrogen-bond acceptors (Lipinski definition) is 3. The topological polar surface area (TPSA) is 36.3 Å². The normalized spacial score (nSPS) is 37.2. The second-order valence-electron chi connectivity index (χ2n) is 4.96. The zero-order valence-corrected chi connectivity index (χ0v) is 9.05. The van der Waals surface area contributed by atoms with Crippen LogP contribution in [-0.4, -0.2) is 36.7 Å². The van der Waals surface area contributed by atoms with E-state index in [0.717, 1.165) is 39.1 Å². The quantitative estimate of drug-likeness (QED) is 0.633. The lowest BCUT2D eigenvalue weighted by Gasteiger charge is -2.57. The molecule has 0 amide bonds. The molecule has 0 N–H and O–H groups in total. The van der Waals surface area contributed by atoms with Gasteiger partial charge in [-0.3, -0.25) is 4.90 Å². The van der Waals surface area contributed by atoms with Crippen LogP contribution in [-0.2, 0) is 4.74 Å². The maximum Gasteiger partial charge on any atom is 0.114 e. The molecule has 3 nitrogen and oxygen atoms in total. The van der Waals surface area contributed by atoms with Crippen molar-refractivity contribution in [1.82, 2.24) is 4.90 Å². The van der Waals surface area contributed by atoms with Gasteiger partial charge in [-0.05, 0) is 18.3 Å². The van der Waals surface area contributed by atoms with E-state index in [4.69, 9.17) is 4.74 Å². The lowest BCUT2D eigenvalue weighted by Crippen LogP contribution is -2.66. The molecule has 2 fully saturated rings. The highest BCUT2D eigenvalue weighted by Crippen LogP contribution is 2.52. The third kappa shape index (κ3) is 1.18. The van der Waals surface area contributed by atoms with Crippen molar-refractivity contribution in [2.24, 2.45) is 5.41 Å². The monoisotopic (exact) mass is 194 g/mol. The molecular formula is C11H18N2O. The van der Waals surface area contributed by atoms with E-state index in [9.17, 15) is 5.26 Å². The van der Waals surface area contributed by atoms with Crippen molar-refractivity contribution in [3.05, 3.63) is 0 Å². The van der Waals surface area contributed by atoms with Gasteiger partial charge in [0.25, 0.3) is 0 Å². The molecule has 1 atom stereocenters. The standard InChI is InChI=1S/C11H18N2O/c1-10(2)3-4-11(10,9-12)13-5-7-14-8-6-13/h3-8H2,1-2H3. The van der Waals surface area contributed by atoms with Crippen molar-refractivity contribution in [2.75, 3.05) is 26.3 Å². The van der Waals surface area contributed by atoms with Crippen molar-refractivity contribution < 1.29 is 4.74 Å². The number of rotatable bonds is 1. The van der Waals surface area contributed by atoms with E-state index in [1.54, 1.807) is 0 Å². The second-order valence-corrected chi connectivity index (χ2v) is 4.96. The molecule has 1 saturated heterocycles. The fourth-order valence-corrected chi connectivity index (χ4v) is 2.67. The molecule has 0 bridgehead atoms. The molecule has 0 aromatic carbocycles. The first-order chi connectivity index (χ1) is 6.62. The molecule has 1 aliphatic heterocycles. The molecule has 0 aromatic heterocycles. The van der Waals surface area contributed by atoms with Crippen molar-refractivity contribution in [1.29, 1.82) is 5.26 Å². The summed E-state index contributed by atoms with van der Waals surface area (Å²) in [4.78, 5) is 2.32. The van der Waals surface area contributed by atoms with Crippen LogP contribution < -0.4 is 0 Å². The smallest absolute Gasteiger partial charge is 0.114 e. The fourth-order valence-electron chi connectivity index (χ4n) is 2.67. The summed E-state index contributed by atoms with van der Waals surface area (Å²) in [6.45, 7) is 7.79. The maximum atomic E-state index is 9.39. The molecule has 78 valence electrons.